The minimum Gasteiger partial charge on any atom is -0.493 e. The summed E-state index contributed by atoms with van der Waals surface area (Å²) in [5.74, 6) is -1.34. The highest BCUT2D eigenvalue weighted by Crippen LogP contribution is 2.41. The van der Waals surface area contributed by atoms with Gasteiger partial charge in [0.15, 0.2) is 0 Å². The predicted molar refractivity (Wildman–Crippen MR) is 132 cm³/mol. The minimum atomic E-state index is -4.81. The van der Waals surface area contributed by atoms with Gasteiger partial charge in [0, 0.05) is 23.7 Å². The van der Waals surface area contributed by atoms with E-state index in [1.807, 2.05) is 0 Å². The van der Waals surface area contributed by atoms with Crippen LogP contribution in [0.3, 0.4) is 0 Å². The van der Waals surface area contributed by atoms with Gasteiger partial charge in [-0.2, -0.15) is 0 Å². The number of hydrogen-bond donors (Lipinski definition) is 2. The SMILES string of the molecule is Cc1ccc(CCNC(=O)c2ccc(Oc3cc4c(cc3Cl)C(C(=O)O)CCO4)cc2)c(OC(F)(F)F)c1. The summed E-state index contributed by atoms with van der Waals surface area (Å²) in [5, 5.41) is 12.3. The number of aliphatic carboxylic acids is 1. The molecular weight excluding hydrogens is 527 g/mol. The number of aryl methyl sites for hydroxylation is 1. The summed E-state index contributed by atoms with van der Waals surface area (Å²) in [6.07, 6.45) is -4.33. The molecule has 0 spiro atoms. The molecule has 0 saturated heterocycles. The zero-order valence-corrected chi connectivity index (χ0v) is 20.9. The summed E-state index contributed by atoms with van der Waals surface area (Å²) in [7, 11) is 0. The van der Waals surface area contributed by atoms with Crippen molar-refractivity contribution in [3.8, 4) is 23.0 Å². The van der Waals surface area contributed by atoms with Gasteiger partial charge in [-0.3, -0.25) is 9.59 Å². The van der Waals surface area contributed by atoms with Gasteiger partial charge in [0.1, 0.15) is 23.0 Å². The second-order valence-electron chi connectivity index (χ2n) is 8.64. The Hall–Kier alpha value is -3.92. The van der Waals surface area contributed by atoms with E-state index in [9.17, 15) is 27.9 Å². The zero-order chi connectivity index (χ0) is 27.4. The summed E-state index contributed by atoms with van der Waals surface area (Å²) >= 11 is 6.32. The highest BCUT2D eigenvalue weighted by Gasteiger charge is 2.32. The molecule has 3 aromatic rings. The van der Waals surface area contributed by atoms with Gasteiger partial charge in [-0.1, -0.05) is 23.7 Å². The van der Waals surface area contributed by atoms with Crippen LogP contribution < -0.4 is 19.5 Å². The lowest BCUT2D eigenvalue weighted by Gasteiger charge is -2.24. The van der Waals surface area contributed by atoms with Gasteiger partial charge in [0.05, 0.1) is 17.5 Å². The largest absolute Gasteiger partial charge is 0.573 e. The second-order valence-corrected chi connectivity index (χ2v) is 9.05. The lowest BCUT2D eigenvalue weighted by atomic mass is 9.93. The number of carboxylic acid groups (broad SMARTS) is 1. The van der Waals surface area contributed by atoms with Gasteiger partial charge in [-0.15, -0.1) is 13.2 Å². The molecule has 0 radical (unpaired) electrons. The molecule has 1 aliphatic rings. The van der Waals surface area contributed by atoms with Crippen LogP contribution in [-0.2, 0) is 11.2 Å². The third-order valence-corrected chi connectivity index (χ3v) is 6.17. The maximum Gasteiger partial charge on any atom is 0.573 e. The molecule has 1 aliphatic heterocycles. The quantitative estimate of drug-likeness (QED) is 0.344. The van der Waals surface area contributed by atoms with Crippen LogP contribution in [0.5, 0.6) is 23.0 Å². The number of carbonyl (C=O) groups excluding carboxylic acids is 1. The van der Waals surface area contributed by atoms with Crippen molar-refractivity contribution in [2.45, 2.75) is 32.0 Å². The third kappa shape index (κ3) is 6.69. The number of halogens is 4. The van der Waals surface area contributed by atoms with E-state index in [0.29, 0.717) is 40.2 Å². The lowest BCUT2D eigenvalue weighted by Crippen LogP contribution is -2.26. The number of rotatable bonds is 8. The van der Waals surface area contributed by atoms with Crippen LogP contribution in [0.1, 0.15) is 39.4 Å². The molecule has 4 rings (SSSR count). The first-order valence-electron chi connectivity index (χ1n) is 11.6. The number of alkyl halides is 3. The highest BCUT2D eigenvalue weighted by atomic mass is 35.5. The molecule has 1 atom stereocenters. The fourth-order valence-corrected chi connectivity index (χ4v) is 4.24. The van der Waals surface area contributed by atoms with Crippen LogP contribution in [-0.4, -0.2) is 36.5 Å². The van der Waals surface area contributed by atoms with Crippen LogP contribution >= 0.6 is 11.6 Å². The van der Waals surface area contributed by atoms with E-state index in [0.717, 1.165) is 0 Å². The Bertz CT molecular complexity index is 1340. The predicted octanol–water partition coefficient (Wildman–Crippen LogP) is 6.26. The first-order valence-corrected chi connectivity index (χ1v) is 12.0. The number of fused-ring (bicyclic) bond motifs is 1. The van der Waals surface area contributed by atoms with Crippen LogP contribution in [0.15, 0.2) is 54.6 Å². The zero-order valence-electron chi connectivity index (χ0n) is 20.1. The molecule has 2 N–H and O–H groups in total. The van der Waals surface area contributed by atoms with E-state index in [2.05, 4.69) is 10.1 Å². The molecule has 0 saturated carbocycles. The number of ether oxygens (including phenoxy) is 3. The summed E-state index contributed by atoms with van der Waals surface area (Å²) in [6.45, 7) is 2.01. The Morgan fingerprint density at radius 3 is 2.53 bits per heavy atom. The number of nitrogens with one attached hydrogen (secondary N) is 1. The molecule has 200 valence electrons. The van der Waals surface area contributed by atoms with E-state index in [-0.39, 0.29) is 36.1 Å². The first kappa shape index (κ1) is 27.1. The van der Waals surface area contributed by atoms with E-state index in [1.165, 1.54) is 36.4 Å². The molecule has 0 aromatic heterocycles. The van der Waals surface area contributed by atoms with Crippen LogP contribution in [0, 0.1) is 6.92 Å². The topological polar surface area (TPSA) is 94.1 Å². The van der Waals surface area contributed by atoms with Crippen molar-refractivity contribution in [2.24, 2.45) is 0 Å². The van der Waals surface area contributed by atoms with E-state index in [4.69, 9.17) is 21.1 Å². The Labute approximate surface area is 221 Å². The molecule has 7 nitrogen and oxygen atoms in total. The van der Waals surface area contributed by atoms with Gasteiger partial charge >= 0.3 is 12.3 Å². The van der Waals surface area contributed by atoms with Gasteiger partial charge in [-0.05, 0) is 67.3 Å². The first-order chi connectivity index (χ1) is 18.0. The smallest absolute Gasteiger partial charge is 0.493 e. The number of carbonyl (C=O) groups is 2. The lowest BCUT2D eigenvalue weighted by molar-refractivity contribution is -0.274. The van der Waals surface area contributed by atoms with Gasteiger partial charge in [-0.25, -0.2) is 0 Å². The molecule has 1 unspecified atom stereocenters. The minimum absolute atomic E-state index is 0.0937. The van der Waals surface area contributed by atoms with Crippen molar-refractivity contribution in [2.75, 3.05) is 13.2 Å². The second kappa shape index (κ2) is 11.2. The highest BCUT2D eigenvalue weighted by molar-refractivity contribution is 6.32. The molecule has 0 bridgehead atoms. The normalized spacial score (nSPS) is 14.7. The van der Waals surface area contributed by atoms with Crippen LogP contribution in [0.25, 0.3) is 0 Å². The maximum absolute atomic E-state index is 12.7. The van der Waals surface area contributed by atoms with Crippen molar-refractivity contribution in [1.29, 1.82) is 0 Å². The van der Waals surface area contributed by atoms with Crippen LogP contribution in [0.2, 0.25) is 5.02 Å². The molecule has 38 heavy (non-hydrogen) atoms. The average Bonchev–Trinajstić information content (AvgIpc) is 2.85. The summed E-state index contributed by atoms with van der Waals surface area (Å²) in [5.41, 5.74) is 1.73. The molecular formula is C27H23ClF3NO6. The number of amides is 1. The fourth-order valence-electron chi connectivity index (χ4n) is 4.03. The van der Waals surface area contributed by atoms with Gasteiger partial charge in [0.25, 0.3) is 5.91 Å². The Balaban J connectivity index is 1.37. The number of benzene rings is 3. The molecule has 1 amide bonds. The number of carboxylic acids is 1. The molecule has 0 fully saturated rings. The summed E-state index contributed by atoms with van der Waals surface area (Å²) in [4.78, 5) is 24.0. The van der Waals surface area contributed by atoms with E-state index < -0.39 is 24.2 Å². The monoisotopic (exact) mass is 549 g/mol. The van der Waals surface area contributed by atoms with Crippen molar-refractivity contribution in [1.82, 2.24) is 5.32 Å². The third-order valence-electron chi connectivity index (χ3n) is 5.87. The van der Waals surface area contributed by atoms with Crippen molar-refractivity contribution >= 4 is 23.5 Å². The van der Waals surface area contributed by atoms with Crippen molar-refractivity contribution in [3.05, 3.63) is 81.9 Å². The molecule has 1 heterocycles. The maximum atomic E-state index is 12.7. The number of hydrogen-bond acceptors (Lipinski definition) is 5. The Morgan fingerprint density at radius 1 is 1.11 bits per heavy atom. The molecule has 11 heteroatoms. The van der Waals surface area contributed by atoms with Crippen molar-refractivity contribution in [3.63, 3.8) is 0 Å². The van der Waals surface area contributed by atoms with Gasteiger partial charge in [0.2, 0.25) is 0 Å². The summed E-state index contributed by atoms with van der Waals surface area (Å²) < 4.78 is 53.6. The fraction of sp³-hybridized carbons (Fsp3) is 0.259. The van der Waals surface area contributed by atoms with Gasteiger partial charge < -0.3 is 24.6 Å². The Kier molecular flexibility index (Phi) is 8.01. The molecule has 3 aromatic carbocycles. The van der Waals surface area contributed by atoms with Crippen molar-refractivity contribution < 1.29 is 42.1 Å². The Morgan fingerprint density at radius 2 is 1.84 bits per heavy atom. The van der Waals surface area contributed by atoms with E-state index >= 15 is 0 Å². The van der Waals surface area contributed by atoms with E-state index in [1.54, 1.807) is 25.1 Å². The molecule has 0 aliphatic carbocycles. The summed E-state index contributed by atoms with van der Waals surface area (Å²) in [6, 6.07) is 13.7. The van der Waals surface area contributed by atoms with Crippen LogP contribution in [0.4, 0.5) is 13.2 Å². The standard InChI is InChI=1S/C27H23ClF3NO6/c1-15-2-3-16(22(12-15)38-27(29,30)31)8-10-32-25(33)17-4-6-18(7-5-17)37-24-14-23-20(13-21(24)28)19(26(34)35)9-11-36-23/h2-7,12-14,19H,8-11H2,1H3,(H,32,33)(H,34,35). The average molecular weight is 550 g/mol.